The zero-order chi connectivity index (χ0) is 29.1. The average Bonchev–Trinajstić information content (AvgIpc) is 3.25. The lowest BCUT2D eigenvalue weighted by Gasteiger charge is -2.20. The van der Waals surface area contributed by atoms with Gasteiger partial charge in [0.1, 0.15) is 10.8 Å². The largest absolute Gasteiger partial charge is 0.451 e. The number of hydrogen-bond acceptors (Lipinski definition) is 7. The van der Waals surface area contributed by atoms with Crippen LogP contribution in [0.3, 0.4) is 0 Å². The molecule has 4 rings (SSSR count). The van der Waals surface area contributed by atoms with E-state index in [1.54, 1.807) is 36.4 Å². The molecule has 40 heavy (non-hydrogen) atoms. The van der Waals surface area contributed by atoms with Crippen LogP contribution in [0.2, 0.25) is 20.2 Å². The molecule has 0 bridgehead atoms. The van der Waals surface area contributed by atoms with E-state index in [4.69, 9.17) is 46.4 Å². The first kappa shape index (κ1) is 29.0. The van der Waals surface area contributed by atoms with Crippen LogP contribution in [0.15, 0.2) is 54.7 Å². The molecule has 0 radical (unpaired) electrons. The third-order valence-electron chi connectivity index (χ3n) is 5.48. The van der Waals surface area contributed by atoms with Crippen molar-refractivity contribution in [1.82, 2.24) is 20.0 Å². The first-order valence-electron chi connectivity index (χ1n) is 11.1. The Hall–Kier alpha value is -4.03. The van der Waals surface area contributed by atoms with Crippen LogP contribution < -0.4 is 10.7 Å². The molecule has 0 atom stereocenters. The second kappa shape index (κ2) is 12.0. The fraction of sp³-hybridized carbons (Fsp3) is 0.0800. The van der Waals surface area contributed by atoms with Crippen LogP contribution in [0.5, 0.6) is 0 Å². The third-order valence-corrected chi connectivity index (χ3v) is 6.92. The van der Waals surface area contributed by atoms with Crippen LogP contribution in [0, 0.1) is 0 Å². The minimum absolute atomic E-state index is 0.00884. The lowest BCUT2D eigenvalue weighted by Crippen LogP contribution is -2.49. The number of benzene rings is 2. The van der Waals surface area contributed by atoms with E-state index >= 15 is 0 Å². The van der Waals surface area contributed by atoms with Crippen LogP contribution in [-0.2, 0) is 9.47 Å². The molecule has 0 aliphatic carbocycles. The van der Waals surface area contributed by atoms with Gasteiger partial charge >= 0.3 is 12.2 Å². The van der Waals surface area contributed by atoms with E-state index in [9.17, 15) is 19.2 Å². The Morgan fingerprint density at radius 1 is 0.875 bits per heavy atom. The Balaban J connectivity index is 1.82. The first-order valence-corrected chi connectivity index (χ1v) is 12.6. The Bertz CT molecular complexity index is 1660. The van der Waals surface area contributed by atoms with Gasteiger partial charge in [-0.2, -0.15) is 0 Å². The normalized spacial score (nSPS) is 10.7. The number of rotatable bonds is 4. The van der Waals surface area contributed by atoms with E-state index in [0.29, 0.717) is 10.8 Å². The zero-order valence-corrected chi connectivity index (χ0v) is 23.5. The summed E-state index contributed by atoms with van der Waals surface area (Å²) in [5.41, 5.74) is 1.66. The summed E-state index contributed by atoms with van der Waals surface area (Å²) in [7, 11) is 2.00. The molecule has 0 aliphatic rings. The van der Waals surface area contributed by atoms with Crippen molar-refractivity contribution in [2.75, 3.05) is 19.5 Å². The summed E-state index contributed by atoms with van der Waals surface area (Å²) < 4.78 is 10.3. The fourth-order valence-electron chi connectivity index (χ4n) is 3.67. The van der Waals surface area contributed by atoms with E-state index < -0.39 is 24.0 Å². The Kier molecular flexibility index (Phi) is 8.70. The predicted octanol–water partition coefficient (Wildman–Crippen LogP) is 6.37. The van der Waals surface area contributed by atoms with Crippen LogP contribution in [0.25, 0.3) is 16.6 Å². The number of imide groups is 1. The van der Waals surface area contributed by atoms with Gasteiger partial charge in [0, 0.05) is 11.6 Å². The molecule has 2 aromatic heterocycles. The molecule has 0 unspecified atom stereocenters. The van der Waals surface area contributed by atoms with Gasteiger partial charge in [0.25, 0.3) is 11.8 Å². The number of nitrogens with zero attached hydrogens (tertiary/aromatic N) is 3. The number of pyridine rings is 1. The second-order valence-corrected chi connectivity index (χ2v) is 9.37. The van der Waals surface area contributed by atoms with Gasteiger partial charge in [-0.05, 0) is 29.7 Å². The molecule has 0 aliphatic heterocycles. The lowest BCUT2D eigenvalue weighted by atomic mass is 10.0. The van der Waals surface area contributed by atoms with Crippen molar-refractivity contribution in [2.45, 2.75) is 0 Å². The molecular formula is C25H17Cl4N5O6. The van der Waals surface area contributed by atoms with Gasteiger partial charge in [-0.1, -0.05) is 70.7 Å². The van der Waals surface area contributed by atoms with Crippen molar-refractivity contribution >= 4 is 86.9 Å². The highest BCUT2D eigenvalue weighted by Gasteiger charge is 2.29. The monoisotopic (exact) mass is 623 g/mol. The van der Waals surface area contributed by atoms with Crippen molar-refractivity contribution in [3.8, 4) is 5.82 Å². The average molecular weight is 625 g/mol. The molecular weight excluding hydrogens is 608 g/mol. The van der Waals surface area contributed by atoms with E-state index in [-0.39, 0.29) is 48.0 Å². The Morgan fingerprint density at radius 3 is 2.20 bits per heavy atom. The molecule has 0 saturated heterocycles. The smallest absolute Gasteiger partial charge is 0.438 e. The molecule has 2 N–H and O–H groups in total. The van der Waals surface area contributed by atoms with Crippen molar-refractivity contribution in [1.29, 1.82) is 0 Å². The number of fused-ring (bicyclic) bond motifs is 1. The molecule has 0 saturated carbocycles. The Labute approximate surface area is 246 Å². The highest BCUT2D eigenvalue weighted by molar-refractivity contribution is 6.43. The Morgan fingerprint density at radius 2 is 1.55 bits per heavy atom. The van der Waals surface area contributed by atoms with Gasteiger partial charge < -0.3 is 14.8 Å². The van der Waals surface area contributed by atoms with Crippen molar-refractivity contribution in [2.24, 2.45) is 0 Å². The van der Waals surface area contributed by atoms with Crippen molar-refractivity contribution in [3.05, 3.63) is 86.2 Å². The maximum Gasteiger partial charge on any atom is 0.438 e. The van der Waals surface area contributed by atoms with Gasteiger partial charge in [-0.3, -0.25) is 14.2 Å². The van der Waals surface area contributed by atoms with E-state index in [1.807, 2.05) is 0 Å². The summed E-state index contributed by atoms with van der Waals surface area (Å²) in [6, 6.07) is 12.6. The van der Waals surface area contributed by atoms with Crippen molar-refractivity contribution < 1.29 is 28.7 Å². The molecule has 2 heterocycles. The first-order chi connectivity index (χ1) is 19.1. The maximum absolute atomic E-state index is 13.6. The van der Waals surface area contributed by atoms with Crippen LogP contribution in [0.1, 0.15) is 20.8 Å². The number of carbonyl (C=O) groups excluding carboxylic acids is 4. The number of carbonyl (C=O) groups is 4. The van der Waals surface area contributed by atoms with Crippen LogP contribution >= 0.6 is 46.4 Å². The highest BCUT2D eigenvalue weighted by Crippen LogP contribution is 2.37. The summed E-state index contributed by atoms with van der Waals surface area (Å²) in [5, 5.41) is 4.00. The number of aromatic nitrogens is 2. The quantitative estimate of drug-likeness (QED) is 0.252. The standard InChI is InChI=1S/C25H17Cl4N5O6/c1-39-24(37)34(25(38)40-2)32-22(35)14-10-12-6-3-4-7-13(12)18(28)19(14)31-23(36)17-11-16(27)20(29)33(17)21-15(26)8-5-9-30-21/h3-11H,1-2H3,(H,31,36)(H,32,35). The minimum atomic E-state index is -1.23. The molecule has 4 aromatic rings. The summed E-state index contributed by atoms with van der Waals surface area (Å²) in [6.45, 7) is 0. The number of nitrogens with one attached hydrogen (secondary N) is 2. The second-order valence-electron chi connectivity index (χ2n) is 7.82. The topological polar surface area (TPSA) is 132 Å². The van der Waals surface area contributed by atoms with E-state index in [0.717, 1.165) is 14.2 Å². The molecule has 0 spiro atoms. The summed E-state index contributed by atoms with van der Waals surface area (Å²) in [6.07, 6.45) is -1.01. The lowest BCUT2D eigenvalue weighted by molar-refractivity contribution is 0.0636. The summed E-state index contributed by atoms with van der Waals surface area (Å²) in [4.78, 5) is 55.3. The number of anilines is 1. The molecule has 4 amide bonds. The van der Waals surface area contributed by atoms with Gasteiger partial charge in [0.15, 0.2) is 5.82 Å². The summed E-state index contributed by atoms with van der Waals surface area (Å²) in [5.74, 6) is -1.67. The van der Waals surface area contributed by atoms with Crippen LogP contribution in [0.4, 0.5) is 15.3 Å². The van der Waals surface area contributed by atoms with Gasteiger partial charge in [-0.15, -0.1) is 5.01 Å². The van der Waals surface area contributed by atoms with Gasteiger partial charge in [0.05, 0.1) is 40.5 Å². The number of amides is 4. The summed E-state index contributed by atoms with van der Waals surface area (Å²) >= 11 is 25.6. The van der Waals surface area contributed by atoms with E-state index in [1.165, 1.54) is 22.9 Å². The zero-order valence-electron chi connectivity index (χ0n) is 20.5. The van der Waals surface area contributed by atoms with Crippen LogP contribution in [-0.4, -0.2) is 52.8 Å². The molecule has 0 fully saturated rings. The molecule has 15 heteroatoms. The number of halogens is 4. The van der Waals surface area contributed by atoms with Gasteiger partial charge in [0.2, 0.25) is 0 Å². The number of methoxy groups -OCH3 is 2. The number of hydrogen-bond donors (Lipinski definition) is 2. The fourth-order valence-corrected chi connectivity index (χ4v) is 4.61. The number of hydrazine groups is 1. The SMILES string of the molecule is COC(=O)N(NC(=O)c1cc2ccccc2c(Cl)c1NC(=O)c1cc(Cl)c(Cl)n1-c1ncccc1Cl)C(=O)OC. The third kappa shape index (κ3) is 5.50. The molecule has 206 valence electrons. The predicted molar refractivity (Wildman–Crippen MR) is 150 cm³/mol. The maximum atomic E-state index is 13.6. The van der Waals surface area contributed by atoms with Gasteiger partial charge in [-0.25, -0.2) is 20.0 Å². The molecule has 2 aromatic carbocycles. The number of ether oxygens (including phenoxy) is 2. The molecule has 11 nitrogen and oxygen atoms in total. The van der Waals surface area contributed by atoms with E-state index in [2.05, 4.69) is 25.2 Å². The highest BCUT2D eigenvalue weighted by atomic mass is 35.5. The van der Waals surface area contributed by atoms with Crippen molar-refractivity contribution in [3.63, 3.8) is 0 Å². The minimum Gasteiger partial charge on any atom is -0.451 e.